The Bertz CT molecular complexity index is 1260. The van der Waals surface area contributed by atoms with E-state index in [0.717, 1.165) is 36.1 Å². The maximum absolute atomic E-state index is 12.7. The minimum absolute atomic E-state index is 0.196. The molecular formula is C22H15F2N3O5. The number of nitro benzene ring substituents is 1. The molecule has 0 aliphatic rings. The molecule has 1 amide bonds. The highest BCUT2D eigenvalue weighted by molar-refractivity contribution is 6.13. The van der Waals surface area contributed by atoms with E-state index in [0.29, 0.717) is 5.69 Å². The second kappa shape index (κ2) is 9.53. The molecular weight excluding hydrogens is 424 g/mol. The first-order valence-corrected chi connectivity index (χ1v) is 9.06. The van der Waals surface area contributed by atoms with Gasteiger partial charge in [0.1, 0.15) is 11.6 Å². The molecule has 0 fully saturated rings. The van der Waals surface area contributed by atoms with Gasteiger partial charge in [0, 0.05) is 11.1 Å². The highest BCUT2D eigenvalue weighted by atomic mass is 19.3. The van der Waals surface area contributed by atoms with Gasteiger partial charge >= 0.3 is 6.61 Å². The molecule has 3 rings (SSSR count). The quantitative estimate of drug-likeness (QED) is 0.242. The molecule has 0 aromatic heterocycles. The zero-order valence-electron chi connectivity index (χ0n) is 16.5. The fourth-order valence-corrected chi connectivity index (χ4v) is 3.01. The van der Waals surface area contributed by atoms with Gasteiger partial charge in [0.25, 0.3) is 11.6 Å². The lowest BCUT2D eigenvalue weighted by molar-refractivity contribution is -0.385. The van der Waals surface area contributed by atoms with E-state index < -0.39 is 34.5 Å². The molecule has 0 unspecified atom stereocenters. The molecule has 1 N–H and O–H groups in total. The zero-order valence-corrected chi connectivity index (χ0v) is 16.5. The van der Waals surface area contributed by atoms with Gasteiger partial charge in [-0.15, -0.1) is 0 Å². The Morgan fingerprint density at radius 2 is 1.91 bits per heavy atom. The third-order valence-electron chi connectivity index (χ3n) is 4.43. The van der Waals surface area contributed by atoms with Crippen LogP contribution in [0.15, 0.2) is 60.2 Å². The summed E-state index contributed by atoms with van der Waals surface area (Å²) in [6, 6.07) is 16.0. The van der Waals surface area contributed by atoms with E-state index in [1.165, 1.54) is 0 Å². The van der Waals surface area contributed by atoms with Crippen LogP contribution in [0.25, 0.3) is 16.8 Å². The van der Waals surface area contributed by atoms with Crippen LogP contribution in [0.5, 0.6) is 11.5 Å². The number of nitrogens with zero attached hydrogens (tertiary/aromatic N) is 2. The number of nitrogens with one attached hydrogen (secondary N) is 1. The van der Waals surface area contributed by atoms with Crippen LogP contribution in [-0.2, 0) is 4.79 Å². The summed E-state index contributed by atoms with van der Waals surface area (Å²) in [7, 11) is 1.16. The minimum Gasteiger partial charge on any atom is -0.493 e. The van der Waals surface area contributed by atoms with Gasteiger partial charge in [-0.1, -0.05) is 36.4 Å². The van der Waals surface area contributed by atoms with Crippen molar-refractivity contribution < 1.29 is 28.0 Å². The van der Waals surface area contributed by atoms with Crippen molar-refractivity contribution in [1.82, 2.24) is 0 Å². The molecule has 10 heteroatoms. The summed E-state index contributed by atoms with van der Waals surface area (Å²) in [4.78, 5) is 23.3. The maximum atomic E-state index is 12.7. The van der Waals surface area contributed by atoms with Gasteiger partial charge in [-0.05, 0) is 23.6 Å². The Morgan fingerprint density at radius 1 is 1.19 bits per heavy atom. The van der Waals surface area contributed by atoms with E-state index in [1.54, 1.807) is 30.3 Å². The molecule has 0 radical (unpaired) electrons. The van der Waals surface area contributed by atoms with Crippen molar-refractivity contribution in [3.8, 4) is 17.6 Å². The number of amides is 1. The van der Waals surface area contributed by atoms with Crippen LogP contribution in [0, 0.1) is 21.4 Å². The number of alkyl halides is 2. The smallest absolute Gasteiger partial charge is 0.387 e. The molecule has 0 saturated carbocycles. The lowest BCUT2D eigenvalue weighted by Gasteiger charge is -2.11. The van der Waals surface area contributed by atoms with E-state index in [4.69, 9.17) is 4.74 Å². The molecule has 32 heavy (non-hydrogen) atoms. The Kier molecular flexibility index (Phi) is 6.60. The van der Waals surface area contributed by atoms with Crippen LogP contribution in [0.2, 0.25) is 0 Å². The van der Waals surface area contributed by atoms with E-state index in [9.17, 15) is 29.0 Å². The number of benzene rings is 3. The summed E-state index contributed by atoms with van der Waals surface area (Å²) in [5.41, 5.74) is -0.835. The fraction of sp³-hybridized carbons (Fsp3) is 0.0909. The van der Waals surface area contributed by atoms with Crippen molar-refractivity contribution in [1.29, 1.82) is 5.26 Å². The monoisotopic (exact) mass is 439 g/mol. The van der Waals surface area contributed by atoms with Crippen LogP contribution in [0.3, 0.4) is 0 Å². The van der Waals surface area contributed by atoms with Crippen molar-refractivity contribution in [3.63, 3.8) is 0 Å². The van der Waals surface area contributed by atoms with Crippen LogP contribution < -0.4 is 14.8 Å². The molecule has 162 valence electrons. The third-order valence-corrected chi connectivity index (χ3v) is 4.43. The van der Waals surface area contributed by atoms with Gasteiger partial charge in [-0.3, -0.25) is 14.9 Å². The number of fused-ring (bicyclic) bond motifs is 1. The molecule has 3 aromatic rings. The number of halogens is 2. The first-order chi connectivity index (χ1) is 15.3. The predicted molar refractivity (Wildman–Crippen MR) is 112 cm³/mol. The summed E-state index contributed by atoms with van der Waals surface area (Å²) in [6.45, 7) is -3.23. The normalized spacial score (nSPS) is 11.2. The predicted octanol–water partition coefficient (Wildman–Crippen LogP) is 4.90. The van der Waals surface area contributed by atoms with Crippen molar-refractivity contribution in [2.75, 3.05) is 12.4 Å². The number of ether oxygens (including phenoxy) is 2. The number of hydrogen-bond donors (Lipinski definition) is 1. The topological polar surface area (TPSA) is 114 Å². The van der Waals surface area contributed by atoms with Gasteiger partial charge in [0.05, 0.1) is 23.7 Å². The standard InChI is InChI=1S/C22H15F2N3O5/c1-31-19-10-14(18(27(29)30)11-20(19)32-22(23)24)9-15(12-25)21(28)26-17-8-4-6-13-5-2-3-7-16(13)17/h2-11,22H,1H3,(H,26,28)/b15-9+. The van der Waals surface area contributed by atoms with E-state index in [1.807, 2.05) is 18.2 Å². The summed E-state index contributed by atoms with van der Waals surface area (Å²) in [5.74, 6) is -1.58. The van der Waals surface area contributed by atoms with Crippen molar-refractivity contribution in [2.45, 2.75) is 6.61 Å². The summed E-state index contributed by atoms with van der Waals surface area (Å²) < 4.78 is 34.4. The summed E-state index contributed by atoms with van der Waals surface area (Å²) in [5, 5.41) is 25.1. The molecule has 0 spiro atoms. The second-order valence-electron chi connectivity index (χ2n) is 6.35. The van der Waals surface area contributed by atoms with Crippen LogP contribution in [0.1, 0.15) is 5.56 Å². The van der Waals surface area contributed by atoms with Crippen LogP contribution >= 0.6 is 0 Å². The molecule has 3 aromatic carbocycles. The van der Waals surface area contributed by atoms with Crippen molar-refractivity contribution in [2.24, 2.45) is 0 Å². The molecule has 0 aliphatic heterocycles. The van der Waals surface area contributed by atoms with Gasteiger partial charge in [-0.2, -0.15) is 14.0 Å². The fourth-order valence-electron chi connectivity index (χ4n) is 3.01. The van der Waals surface area contributed by atoms with Crippen LogP contribution in [0.4, 0.5) is 20.2 Å². The van der Waals surface area contributed by atoms with Gasteiger partial charge in [0.2, 0.25) is 0 Å². The molecule has 8 nitrogen and oxygen atoms in total. The molecule has 0 aliphatic carbocycles. The van der Waals surface area contributed by atoms with Gasteiger partial charge in [0.15, 0.2) is 11.5 Å². The average molecular weight is 439 g/mol. The lowest BCUT2D eigenvalue weighted by Crippen LogP contribution is -2.14. The van der Waals surface area contributed by atoms with E-state index >= 15 is 0 Å². The highest BCUT2D eigenvalue weighted by Gasteiger charge is 2.22. The zero-order chi connectivity index (χ0) is 23.3. The lowest BCUT2D eigenvalue weighted by atomic mass is 10.1. The third kappa shape index (κ3) is 4.79. The number of nitro groups is 1. The number of carbonyl (C=O) groups is 1. The molecule has 0 atom stereocenters. The molecule has 0 bridgehead atoms. The Balaban J connectivity index is 2.01. The minimum atomic E-state index is -3.23. The van der Waals surface area contributed by atoms with Gasteiger partial charge < -0.3 is 14.8 Å². The van der Waals surface area contributed by atoms with E-state index in [-0.39, 0.29) is 11.3 Å². The first-order valence-electron chi connectivity index (χ1n) is 9.06. The average Bonchev–Trinajstić information content (AvgIpc) is 2.77. The van der Waals surface area contributed by atoms with Crippen molar-refractivity contribution in [3.05, 3.63) is 75.8 Å². The Labute approximate surface area is 180 Å². The first kappa shape index (κ1) is 22.2. The van der Waals surface area contributed by atoms with Crippen molar-refractivity contribution >= 4 is 34.1 Å². The highest BCUT2D eigenvalue weighted by Crippen LogP contribution is 2.36. The molecule has 0 heterocycles. The Morgan fingerprint density at radius 3 is 2.56 bits per heavy atom. The number of nitriles is 1. The number of methoxy groups -OCH3 is 1. The van der Waals surface area contributed by atoms with Gasteiger partial charge in [-0.25, -0.2) is 0 Å². The summed E-state index contributed by atoms with van der Waals surface area (Å²) >= 11 is 0. The second-order valence-corrected chi connectivity index (χ2v) is 6.35. The number of carbonyl (C=O) groups excluding carboxylic acids is 1. The SMILES string of the molecule is COc1cc(/C=C(\C#N)C(=O)Nc2cccc3ccccc23)c([N+](=O)[O-])cc1OC(F)F. The number of anilines is 1. The summed E-state index contributed by atoms with van der Waals surface area (Å²) in [6.07, 6.45) is 0.979. The van der Waals surface area contributed by atoms with Crippen LogP contribution in [-0.4, -0.2) is 24.6 Å². The Hall–Kier alpha value is -4.52. The molecule has 0 saturated heterocycles. The largest absolute Gasteiger partial charge is 0.493 e. The number of hydrogen-bond acceptors (Lipinski definition) is 6. The van der Waals surface area contributed by atoms with E-state index in [2.05, 4.69) is 10.1 Å². The maximum Gasteiger partial charge on any atom is 0.387 e. The number of rotatable bonds is 7.